The molecule has 1 saturated heterocycles. The van der Waals surface area contributed by atoms with E-state index in [2.05, 4.69) is 14.9 Å². The molecule has 24 heavy (non-hydrogen) atoms. The predicted molar refractivity (Wildman–Crippen MR) is 89.8 cm³/mol. The Morgan fingerprint density at radius 3 is 2.75 bits per heavy atom. The Morgan fingerprint density at radius 1 is 1.25 bits per heavy atom. The fraction of sp³-hybridized carbons (Fsp3) is 0.444. The Morgan fingerprint density at radius 2 is 2.00 bits per heavy atom. The molecule has 1 aliphatic rings. The summed E-state index contributed by atoms with van der Waals surface area (Å²) in [5.74, 6) is 1.50. The molecule has 0 amide bonds. The van der Waals surface area contributed by atoms with Crippen molar-refractivity contribution in [2.45, 2.75) is 19.1 Å². The summed E-state index contributed by atoms with van der Waals surface area (Å²) in [5, 5.41) is 10.9. The molecule has 1 aromatic carbocycles. The topological polar surface area (TPSA) is 67.7 Å². The van der Waals surface area contributed by atoms with Gasteiger partial charge in [0.05, 0.1) is 13.2 Å². The number of benzene rings is 1. The first-order valence-electron chi connectivity index (χ1n) is 8.11. The van der Waals surface area contributed by atoms with Crippen LogP contribution in [-0.2, 0) is 11.3 Å². The van der Waals surface area contributed by atoms with Crippen molar-refractivity contribution in [1.82, 2.24) is 14.9 Å². The Balaban J connectivity index is 1.61. The maximum Gasteiger partial charge on any atom is 0.134 e. The number of aliphatic hydroxyl groups is 1. The van der Waals surface area contributed by atoms with E-state index in [1.165, 1.54) is 0 Å². The van der Waals surface area contributed by atoms with Crippen LogP contribution in [-0.4, -0.2) is 58.5 Å². The molecule has 0 bridgehead atoms. The van der Waals surface area contributed by atoms with Gasteiger partial charge < -0.3 is 14.6 Å². The molecule has 6 heteroatoms. The van der Waals surface area contributed by atoms with Crippen molar-refractivity contribution in [1.29, 1.82) is 0 Å². The molecule has 0 radical (unpaired) electrons. The molecular weight excluding hydrogens is 306 g/mol. The summed E-state index contributed by atoms with van der Waals surface area (Å²) in [6.45, 7) is 4.81. The van der Waals surface area contributed by atoms with E-state index < -0.39 is 5.60 Å². The summed E-state index contributed by atoms with van der Waals surface area (Å²) in [7, 11) is 0. The zero-order valence-corrected chi connectivity index (χ0v) is 13.9. The van der Waals surface area contributed by atoms with Crippen molar-refractivity contribution in [3.05, 3.63) is 54.1 Å². The molecule has 1 N–H and O–H groups in total. The summed E-state index contributed by atoms with van der Waals surface area (Å²) in [6, 6.07) is 9.51. The maximum atomic E-state index is 10.9. The van der Waals surface area contributed by atoms with Crippen molar-refractivity contribution in [2.24, 2.45) is 0 Å². The molecule has 3 rings (SSSR count). The van der Waals surface area contributed by atoms with Gasteiger partial charge in [0.25, 0.3) is 0 Å². The molecule has 0 spiro atoms. The van der Waals surface area contributed by atoms with E-state index in [-0.39, 0.29) is 13.2 Å². The number of nitrogens with zero attached hydrogens (tertiary/aromatic N) is 3. The van der Waals surface area contributed by atoms with Gasteiger partial charge in [-0.1, -0.05) is 18.2 Å². The highest BCUT2D eigenvalue weighted by Gasteiger charge is 2.33. The average molecular weight is 329 g/mol. The molecule has 2 heterocycles. The van der Waals surface area contributed by atoms with Crippen LogP contribution in [0.3, 0.4) is 0 Å². The van der Waals surface area contributed by atoms with Gasteiger partial charge in [0.15, 0.2) is 0 Å². The quantitative estimate of drug-likeness (QED) is 0.895. The first-order valence-corrected chi connectivity index (χ1v) is 8.11. The van der Waals surface area contributed by atoms with Gasteiger partial charge in [-0.05, 0) is 19.1 Å². The third-order valence-electron chi connectivity index (χ3n) is 3.93. The molecule has 1 atom stereocenters. The van der Waals surface area contributed by atoms with Crippen LogP contribution in [0.25, 0.3) is 0 Å². The Kier molecular flexibility index (Phi) is 5.40. The molecule has 1 aromatic heterocycles. The van der Waals surface area contributed by atoms with Crippen LogP contribution < -0.4 is 4.74 Å². The van der Waals surface area contributed by atoms with Crippen molar-refractivity contribution >= 4 is 0 Å². The number of hydrogen-bond donors (Lipinski definition) is 1. The van der Waals surface area contributed by atoms with Gasteiger partial charge in [-0.3, -0.25) is 4.90 Å². The van der Waals surface area contributed by atoms with Gasteiger partial charge in [-0.25, -0.2) is 9.97 Å². The molecule has 1 aliphatic heterocycles. The van der Waals surface area contributed by atoms with Gasteiger partial charge in [0, 0.05) is 37.6 Å². The van der Waals surface area contributed by atoms with E-state index in [9.17, 15) is 5.11 Å². The third-order valence-corrected chi connectivity index (χ3v) is 3.93. The molecule has 2 aromatic rings. The lowest BCUT2D eigenvalue weighted by Crippen LogP contribution is -2.48. The Hall–Kier alpha value is -2.02. The van der Waals surface area contributed by atoms with Gasteiger partial charge >= 0.3 is 0 Å². The summed E-state index contributed by atoms with van der Waals surface area (Å²) >= 11 is 0. The van der Waals surface area contributed by atoms with Crippen LogP contribution in [0.1, 0.15) is 11.4 Å². The number of β-amino-alcohol motifs (C(OH)–C–C–N with tert-alkyl or cyclic N) is 1. The number of aromatic nitrogens is 2. The lowest BCUT2D eigenvalue weighted by Gasteiger charge is -2.30. The number of rotatable bonds is 5. The molecule has 0 aliphatic carbocycles. The third kappa shape index (κ3) is 4.74. The molecular formula is C18H23N3O3. The fourth-order valence-electron chi connectivity index (χ4n) is 2.71. The number of aryl methyl sites for hydroxylation is 1. The Labute approximate surface area is 142 Å². The second-order valence-corrected chi connectivity index (χ2v) is 6.23. The van der Waals surface area contributed by atoms with E-state index in [1.54, 1.807) is 0 Å². The smallest absolute Gasteiger partial charge is 0.134 e. The molecule has 0 unspecified atom stereocenters. The molecule has 6 nitrogen and oxygen atoms in total. The van der Waals surface area contributed by atoms with Crippen LogP contribution in [0.15, 0.2) is 42.7 Å². The highest BCUT2D eigenvalue weighted by molar-refractivity contribution is 5.21. The second-order valence-electron chi connectivity index (χ2n) is 6.23. The van der Waals surface area contributed by atoms with Crippen LogP contribution in [0, 0.1) is 6.92 Å². The minimum atomic E-state index is -1.04. The normalized spacial score (nSPS) is 22.1. The van der Waals surface area contributed by atoms with Gasteiger partial charge in [0.2, 0.25) is 0 Å². The van der Waals surface area contributed by atoms with Crippen molar-refractivity contribution < 1.29 is 14.6 Å². The zero-order valence-electron chi connectivity index (χ0n) is 13.9. The SMILES string of the molecule is Cc1ncc(CN2CCOC[C@@](O)(COc3ccccc3)C2)cn1. The lowest BCUT2D eigenvalue weighted by atomic mass is 10.1. The Bertz CT molecular complexity index is 636. The predicted octanol–water partition coefficient (Wildman–Crippen LogP) is 1.43. The highest BCUT2D eigenvalue weighted by Crippen LogP contribution is 2.17. The first kappa shape index (κ1) is 16.8. The summed E-state index contributed by atoms with van der Waals surface area (Å²) < 4.78 is 11.3. The van der Waals surface area contributed by atoms with Gasteiger partial charge in [-0.15, -0.1) is 0 Å². The second kappa shape index (κ2) is 7.70. The summed E-state index contributed by atoms with van der Waals surface area (Å²) in [5.41, 5.74) is -0.0217. The zero-order chi connectivity index (χ0) is 16.8. The largest absolute Gasteiger partial charge is 0.490 e. The maximum absolute atomic E-state index is 10.9. The number of ether oxygens (including phenoxy) is 2. The standard InChI is InChI=1S/C18H23N3O3/c1-15-19-9-16(10-20-15)11-21-7-8-23-13-18(22,12-21)14-24-17-5-3-2-4-6-17/h2-6,9-10,22H,7-8,11-14H2,1H3/t18-/m1/s1. The van der Waals surface area contributed by atoms with Crippen molar-refractivity contribution in [3.63, 3.8) is 0 Å². The minimum Gasteiger partial charge on any atom is -0.490 e. The van der Waals surface area contributed by atoms with Crippen molar-refractivity contribution in [2.75, 3.05) is 32.9 Å². The average Bonchev–Trinajstić information content (AvgIpc) is 2.78. The van der Waals surface area contributed by atoms with Crippen LogP contribution in [0.2, 0.25) is 0 Å². The van der Waals surface area contributed by atoms with E-state index >= 15 is 0 Å². The summed E-state index contributed by atoms with van der Waals surface area (Å²) in [6.07, 6.45) is 3.65. The molecule has 0 saturated carbocycles. The molecule has 128 valence electrons. The lowest BCUT2D eigenvalue weighted by molar-refractivity contribution is -0.0646. The highest BCUT2D eigenvalue weighted by atomic mass is 16.5. The first-order chi connectivity index (χ1) is 11.6. The minimum absolute atomic E-state index is 0.192. The fourth-order valence-corrected chi connectivity index (χ4v) is 2.71. The summed E-state index contributed by atoms with van der Waals surface area (Å²) in [4.78, 5) is 10.6. The van der Waals surface area contributed by atoms with E-state index in [1.807, 2.05) is 49.6 Å². The van der Waals surface area contributed by atoms with Crippen LogP contribution >= 0.6 is 0 Å². The number of para-hydroxylation sites is 1. The van der Waals surface area contributed by atoms with E-state index in [0.717, 1.165) is 23.7 Å². The van der Waals surface area contributed by atoms with Crippen LogP contribution in [0.4, 0.5) is 0 Å². The monoisotopic (exact) mass is 329 g/mol. The van der Waals surface area contributed by atoms with Crippen LogP contribution in [0.5, 0.6) is 5.75 Å². The van der Waals surface area contributed by atoms with Gasteiger partial charge in [-0.2, -0.15) is 0 Å². The molecule has 1 fully saturated rings. The number of hydrogen-bond acceptors (Lipinski definition) is 6. The van der Waals surface area contributed by atoms with Gasteiger partial charge in [0.1, 0.15) is 23.8 Å². The van der Waals surface area contributed by atoms with E-state index in [0.29, 0.717) is 19.7 Å². The van der Waals surface area contributed by atoms with Crippen molar-refractivity contribution in [3.8, 4) is 5.75 Å². The van der Waals surface area contributed by atoms with E-state index in [4.69, 9.17) is 9.47 Å².